The van der Waals surface area contributed by atoms with Crippen LogP contribution in [0, 0.1) is 5.92 Å². The van der Waals surface area contributed by atoms with E-state index in [-0.39, 0.29) is 79.4 Å². The van der Waals surface area contributed by atoms with Gasteiger partial charge in [0.25, 0.3) is 5.92 Å². The third-order valence-electron chi connectivity index (χ3n) is 9.55. The molecule has 3 fully saturated rings. The second-order valence-electron chi connectivity index (χ2n) is 14.1. The number of sulfonamides is 1. The summed E-state index contributed by atoms with van der Waals surface area (Å²) >= 11 is 6.27. The maximum atomic E-state index is 15.9. The molecule has 2 atom stereocenters. The minimum absolute atomic E-state index is 0.0208. The van der Waals surface area contributed by atoms with Gasteiger partial charge in [0.2, 0.25) is 10.0 Å². The van der Waals surface area contributed by atoms with E-state index in [1.54, 1.807) is 25.7 Å². The van der Waals surface area contributed by atoms with Crippen LogP contribution in [0.3, 0.4) is 0 Å². The Balaban J connectivity index is 1.05. The predicted octanol–water partition coefficient (Wildman–Crippen LogP) is 3.65. The van der Waals surface area contributed by atoms with Crippen molar-refractivity contribution in [1.29, 1.82) is 0 Å². The maximum absolute atomic E-state index is 15.9. The highest BCUT2D eigenvalue weighted by atomic mass is 35.5. The van der Waals surface area contributed by atoms with E-state index in [0.717, 1.165) is 0 Å². The summed E-state index contributed by atoms with van der Waals surface area (Å²) in [5.41, 5.74) is -0.486. The van der Waals surface area contributed by atoms with Gasteiger partial charge in [-0.1, -0.05) is 11.6 Å². The first-order valence-electron chi connectivity index (χ1n) is 16.9. The van der Waals surface area contributed by atoms with Crippen LogP contribution in [-0.2, 0) is 25.4 Å². The summed E-state index contributed by atoms with van der Waals surface area (Å²) in [5, 5.41) is 12.2. The van der Waals surface area contributed by atoms with Crippen molar-refractivity contribution in [3.8, 4) is 5.75 Å². The van der Waals surface area contributed by atoms with Crippen molar-refractivity contribution in [2.24, 2.45) is 5.92 Å². The van der Waals surface area contributed by atoms with E-state index < -0.39 is 51.8 Å². The fraction of sp³-hybridized carbons (Fsp3) is 0.606. The largest absolute Gasteiger partial charge is 0.489 e. The molecule has 0 bridgehead atoms. The zero-order valence-electron chi connectivity index (χ0n) is 28.7. The van der Waals surface area contributed by atoms with E-state index >= 15 is 8.78 Å². The summed E-state index contributed by atoms with van der Waals surface area (Å²) in [4.78, 5) is 33.7. The standard InChI is InChI=1S/C33H43ClF2N6O8S/c1-32(2,3)50-30(44)37-8-11-39-9-6-21(7-10-39)33(35,36)22-16-28(34)38-29(17-22)40-12-14-41(15-13-40)51(46,47)23-4-5-24-26(18-23)48-20-25-27(19-43)49-31(45)42(24)25/h4-5,16-18,21,25,27,43H,6-15,19-20H2,1-3H3,(H,37,44)/t25-,27+/m1/s1. The number of likely N-dealkylation sites (tertiary alicyclic amines) is 1. The molecule has 3 saturated heterocycles. The number of piperazine rings is 1. The molecule has 0 unspecified atom stereocenters. The van der Waals surface area contributed by atoms with Crippen LogP contribution in [0.1, 0.15) is 39.2 Å². The number of cyclic esters (lactones) is 1. The number of carbonyl (C=O) groups excluding carboxylic acids is 2. The van der Waals surface area contributed by atoms with Gasteiger partial charge in [-0.25, -0.2) is 31.8 Å². The fourth-order valence-electron chi connectivity index (χ4n) is 6.86. The third-order valence-corrected chi connectivity index (χ3v) is 11.6. The number of nitrogens with one attached hydrogen (secondary N) is 1. The summed E-state index contributed by atoms with van der Waals surface area (Å²) in [5.74, 6) is -3.64. The Hall–Kier alpha value is -3.51. The van der Waals surface area contributed by atoms with Gasteiger partial charge >= 0.3 is 12.2 Å². The average Bonchev–Trinajstić information content (AvgIpc) is 3.42. The van der Waals surface area contributed by atoms with Crippen molar-refractivity contribution >= 4 is 45.3 Å². The molecule has 2 aromatic rings. The number of carbonyl (C=O) groups is 2. The van der Waals surface area contributed by atoms with E-state index in [1.165, 1.54) is 39.5 Å². The molecule has 51 heavy (non-hydrogen) atoms. The van der Waals surface area contributed by atoms with Gasteiger partial charge in [-0.3, -0.25) is 4.90 Å². The number of alkyl halides is 2. The molecule has 6 rings (SSSR count). The quantitative estimate of drug-likeness (QED) is 0.361. The number of pyridine rings is 1. The number of aliphatic hydroxyl groups excluding tert-OH is 1. The summed E-state index contributed by atoms with van der Waals surface area (Å²) in [6.45, 7) is 7.29. The molecule has 4 aliphatic rings. The van der Waals surface area contributed by atoms with Crippen molar-refractivity contribution in [3.63, 3.8) is 0 Å². The number of alkyl carbamates (subject to hydrolysis) is 1. The number of nitrogens with zero attached hydrogens (tertiary/aromatic N) is 5. The number of fused-ring (bicyclic) bond motifs is 3. The van der Waals surface area contributed by atoms with E-state index in [0.29, 0.717) is 31.9 Å². The van der Waals surface area contributed by atoms with Crippen LogP contribution in [0.25, 0.3) is 0 Å². The van der Waals surface area contributed by atoms with Crippen LogP contribution in [0.4, 0.5) is 29.9 Å². The SMILES string of the molecule is CC(C)(C)OC(=O)NCCN1CCC(C(F)(F)c2cc(Cl)nc(N3CCN(S(=O)(=O)c4ccc5c(c4)OC[C@@H]4[C@H](CO)OC(=O)N54)CC3)c2)CC1. The highest BCUT2D eigenvalue weighted by Crippen LogP contribution is 2.43. The number of amides is 2. The smallest absolute Gasteiger partial charge is 0.415 e. The Morgan fingerprint density at radius 3 is 2.47 bits per heavy atom. The van der Waals surface area contributed by atoms with Gasteiger partial charge < -0.3 is 34.4 Å². The van der Waals surface area contributed by atoms with E-state index in [1.807, 2.05) is 4.90 Å². The number of ether oxygens (including phenoxy) is 3. The number of hydrogen-bond donors (Lipinski definition) is 2. The van der Waals surface area contributed by atoms with Gasteiger partial charge in [-0.15, -0.1) is 0 Å². The lowest BCUT2D eigenvalue weighted by atomic mass is 9.86. The van der Waals surface area contributed by atoms with E-state index in [4.69, 9.17) is 25.8 Å². The summed E-state index contributed by atoms with van der Waals surface area (Å²) in [7, 11) is -3.97. The number of aromatic nitrogens is 1. The zero-order valence-corrected chi connectivity index (χ0v) is 30.3. The molecule has 0 saturated carbocycles. The number of benzene rings is 1. The normalized spacial score (nSPS) is 22.2. The van der Waals surface area contributed by atoms with Crippen LogP contribution in [0.15, 0.2) is 35.2 Å². The lowest BCUT2D eigenvalue weighted by Crippen LogP contribution is -2.49. The highest BCUT2D eigenvalue weighted by Gasteiger charge is 2.47. The minimum atomic E-state index is -3.97. The first-order chi connectivity index (χ1) is 24.1. The molecule has 2 N–H and O–H groups in total. The van der Waals surface area contributed by atoms with Crippen molar-refractivity contribution in [2.75, 3.05) is 75.4 Å². The van der Waals surface area contributed by atoms with Crippen molar-refractivity contribution < 1.29 is 46.1 Å². The lowest BCUT2D eigenvalue weighted by Gasteiger charge is -2.37. The molecule has 4 aliphatic heterocycles. The van der Waals surface area contributed by atoms with Crippen molar-refractivity contribution in [1.82, 2.24) is 19.5 Å². The highest BCUT2D eigenvalue weighted by molar-refractivity contribution is 7.89. The lowest BCUT2D eigenvalue weighted by molar-refractivity contribution is -0.0853. The molecule has 0 spiro atoms. The molecule has 0 aliphatic carbocycles. The van der Waals surface area contributed by atoms with Gasteiger partial charge in [0, 0.05) is 56.8 Å². The number of aliphatic hydroxyl groups is 1. The zero-order chi connectivity index (χ0) is 36.7. The van der Waals surface area contributed by atoms with Crippen LogP contribution in [-0.4, -0.2) is 123 Å². The van der Waals surface area contributed by atoms with Crippen LogP contribution in [0.5, 0.6) is 5.75 Å². The Morgan fingerprint density at radius 1 is 1.10 bits per heavy atom. The van der Waals surface area contributed by atoms with Crippen LogP contribution >= 0.6 is 11.6 Å². The molecule has 280 valence electrons. The molecule has 5 heterocycles. The van der Waals surface area contributed by atoms with Crippen molar-refractivity contribution in [2.45, 2.75) is 62.2 Å². The first-order valence-corrected chi connectivity index (χ1v) is 18.8. The van der Waals surface area contributed by atoms with E-state index in [9.17, 15) is 23.1 Å². The van der Waals surface area contributed by atoms with Crippen LogP contribution < -0.4 is 19.9 Å². The molecular weight excluding hydrogens is 714 g/mol. The number of anilines is 2. The molecule has 18 heteroatoms. The monoisotopic (exact) mass is 756 g/mol. The molecule has 2 amide bonds. The third kappa shape index (κ3) is 7.96. The van der Waals surface area contributed by atoms with Gasteiger partial charge in [0.15, 0.2) is 6.10 Å². The molecule has 1 aromatic heterocycles. The predicted molar refractivity (Wildman–Crippen MR) is 183 cm³/mol. The van der Waals surface area contributed by atoms with Gasteiger partial charge in [-0.05, 0) is 71.0 Å². The first kappa shape index (κ1) is 37.3. The second-order valence-corrected chi connectivity index (χ2v) is 16.4. The minimum Gasteiger partial charge on any atom is -0.489 e. The second kappa shape index (κ2) is 14.5. The summed E-state index contributed by atoms with van der Waals surface area (Å²) in [6, 6.07) is 6.25. The molecule has 1 aromatic carbocycles. The topological polar surface area (TPSA) is 154 Å². The van der Waals surface area contributed by atoms with E-state index in [2.05, 4.69) is 10.3 Å². The summed E-state index contributed by atoms with van der Waals surface area (Å²) in [6.07, 6.45) is -1.39. The number of hydrogen-bond acceptors (Lipinski definition) is 11. The molecule has 14 nitrogen and oxygen atoms in total. The average molecular weight is 757 g/mol. The molecule has 0 radical (unpaired) electrons. The number of rotatable bonds is 9. The Morgan fingerprint density at radius 2 is 1.80 bits per heavy atom. The summed E-state index contributed by atoms with van der Waals surface area (Å²) < 4.78 is 76.7. The molecular formula is C33H43ClF2N6O8S. The van der Waals surface area contributed by atoms with Gasteiger partial charge in [-0.2, -0.15) is 4.31 Å². The Kier molecular flexibility index (Phi) is 10.6. The van der Waals surface area contributed by atoms with Crippen molar-refractivity contribution in [3.05, 3.63) is 41.0 Å². The van der Waals surface area contributed by atoms with Crippen LogP contribution in [0.2, 0.25) is 5.15 Å². The Bertz CT molecular complexity index is 1730. The van der Waals surface area contributed by atoms with Gasteiger partial charge in [0.05, 0.1) is 17.2 Å². The fourth-order valence-corrected chi connectivity index (χ4v) is 8.50. The van der Waals surface area contributed by atoms with Gasteiger partial charge in [0.1, 0.15) is 35.0 Å². The number of piperidine rings is 1. The Labute approximate surface area is 300 Å². The maximum Gasteiger partial charge on any atom is 0.415 e. The number of halogens is 3.